The average Bonchev–Trinajstić information content (AvgIpc) is 3.15. The third-order valence-electron chi connectivity index (χ3n) is 5.95. The van der Waals surface area contributed by atoms with E-state index in [4.69, 9.17) is 0 Å². The summed E-state index contributed by atoms with van der Waals surface area (Å²) in [5.41, 5.74) is 1.05. The van der Waals surface area contributed by atoms with Crippen LogP contribution in [0.2, 0.25) is 0 Å². The highest BCUT2D eigenvalue weighted by atomic mass is 32.2. The number of piperidine rings is 1. The van der Waals surface area contributed by atoms with Crippen molar-refractivity contribution < 1.29 is 13.2 Å². The molecule has 5 nitrogen and oxygen atoms in total. The van der Waals surface area contributed by atoms with Crippen LogP contribution >= 0.6 is 0 Å². The first-order valence-corrected chi connectivity index (χ1v) is 11.8. The third kappa shape index (κ3) is 5.32. The summed E-state index contributed by atoms with van der Waals surface area (Å²) in [6, 6.07) is 7.04. The number of benzene rings is 1. The molecule has 0 radical (unpaired) electrons. The molecule has 1 aromatic carbocycles. The van der Waals surface area contributed by atoms with Gasteiger partial charge in [0.05, 0.1) is 4.90 Å². The topological polar surface area (TPSA) is 66.5 Å². The summed E-state index contributed by atoms with van der Waals surface area (Å²) in [6.45, 7) is 3.07. The van der Waals surface area contributed by atoms with Crippen LogP contribution in [0, 0.1) is 12.8 Å². The van der Waals surface area contributed by atoms with Gasteiger partial charge in [-0.1, -0.05) is 37.0 Å². The van der Waals surface area contributed by atoms with Gasteiger partial charge < -0.3 is 5.32 Å². The van der Waals surface area contributed by atoms with Crippen LogP contribution in [-0.2, 0) is 14.8 Å². The Bertz CT molecular complexity index is 724. The largest absolute Gasteiger partial charge is 0.356 e. The van der Waals surface area contributed by atoms with Gasteiger partial charge in [-0.15, -0.1) is 0 Å². The minimum atomic E-state index is -3.48. The summed E-state index contributed by atoms with van der Waals surface area (Å²) >= 11 is 0. The molecule has 1 heterocycles. The second-order valence-electron chi connectivity index (χ2n) is 8.07. The zero-order valence-electron chi connectivity index (χ0n) is 16.3. The van der Waals surface area contributed by atoms with Crippen molar-refractivity contribution in [1.82, 2.24) is 9.62 Å². The lowest BCUT2D eigenvalue weighted by Gasteiger charge is -2.34. The maximum Gasteiger partial charge on any atom is 0.243 e. The molecule has 0 spiro atoms. The molecule has 1 aromatic rings. The van der Waals surface area contributed by atoms with Gasteiger partial charge in [0.15, 0.2) is 0 Å². The fraction of sp³-hybridized carbons (Fsp3) is 0.667. The number of amides is 1. The fourth-order valence-electron chi connectivity index (χ4n) is 4.35. The molecule has 1 N–H and O–H groups in total. The van der Waals surface area contributed by atoms with Gasteiger partial charge in [-0.2, -0.15) is 4.31 Å². The van der Waals surface area contributed by atoms with Crippen LogP contribution in [0.4, 0.5) is 0 Å². The zero-order valence-corrected chi connectivity index (χ0v) is 17.1. The van der Waals surface area contributed by atoms with Gasteiger partial charge in [0.1, 0.15) is 0 Å². The first kappa shape index (κ1) is 20.3. The van der Waals surface area contributed by atoms with E-state index in [1.54, 1.807) is 16.4 Å². The van der Waals surface area contributed by atoms with Crippen LogP contribution in [0.1, 0.15) is 63.4 Å². The van der Waals surface area contributed by atoms with E-state index in [-0.39, 0.29) is 11.9 Å². The summed E-state index contributed by atoms with van der Waals surface area (Å²) in [6.07, 6.45) is 8.92. The van der Waals surface area contributed by atoms with E-state index in [0.717, 1.165) is 24.8 Å². The maximum absolute atomic E-state index is 13.1. The number of nitrogens with one attached hydrogen (secondary N) is 1. The van der Waals surface area contributed by atoms with E-state index in [9.17, 15) is 13.2 Å². The number of aryl methyl sites for hydroxylation is 1. The van der Waals surface area contributed by atoms with Crippen LogP contribution in [0.25, 0.3) is 0 Å². The molecule has 1 aliphatic heterocycles. The molecular formula is C21H32N2O3S. The Morgan fingerprint density at radius 1 is 1.07 bits per heavy atom. The molecule has 1 aliphatic carbocycles. The lowest BCUT2D eigenvalue weighted by atomic mass is 10.0. The van der Waals surface area contributed by atoms with E-state index in [1.165, 1.54) is 25.7 Å². The van der Waals surface area contributed by atoms with Crippen LogP contribution in [0.3, 0.4) is 0 Å². The van der Waals surface area contributed by atoms with Crippen molar-refractivity contribution >= 4 is 15.9 Å². The Labute approximate surface area is 163 Å². The highest BCUT2D eigenvalue weighted by molar-refractivity contribution is 7.89. The molecular weight excluding hydrogens is 360 g/mol. The normalized spacial score (nSPS) is 22.0. The number of carbonyl (C=O) groups excluding carboxylic acids is 1. The molecule has 1 saturated carbocycles. The summed E-state index contributed by atoms with van der Waals surface area (Å²) in [7, 11) is -3.48. The quantitative estimate of drug-likeness (QED) is 0.771. The predicted molar refractivity (Wildman–Crippen MR) is 107 cm³/mol. The number of sulfonamides is 1. The van der Waals surface area contributed by atoms with Crippen LogP contribution in [-0.4, -0.2) is 37.8 Å². The Morgan fingerprint density at radius 2 is 1.74 bits per heavy atom. The second kappa shape index (κ2) is 9.20. The molecule has 150 valence electrons. The van der Waals surface area contributed by atoms with Crippen molar-refractivity contribution in [3.63, 3.8) is 0 Å². The molecule has 2 fully saturated rings. The molecule has 1 unspecified atom stereocenters. The Hall–Kier alpha value is -1.40. The highest BCUT2D eigenvalue weighted by Gasteiger charge is 2.33. The van der Waals surface area contributed by atoms with Crippen LogP contribution in [0.15, 0.2) is 29.2 Å². The third-order valence-corrected chi connectivity index (χ3v) is 7.92. The van der Waals surface area contributed by atoms with Crippen molar-refractivity contribution in [1.29, 1.82) is 0 Å². The second-order valence-corrected chi connectivity index (χ2v) is 9.96. The summed E-state index contributed by atoms with van der Waals surface area (Å²) in [5, 5.41) is 3.02. The molecule has 2 aliphatic rings. The number of hydrogen-bond acceptors (Lipinski definition) is 3. The van der Waals surface area contributed by atoms with Crippen molar-refractivity contribution in [2.24, 2.45) is 5.92 Å². The standard InChI is InChI=1S/C21H32N2O3S/c1-17-9-11-20(12-10-17)27(25,26)23-15-5-4-8-19(23)13-14-22-21(24)16-18-6-2-3-7-18/h9-12,18-19H,2-8,13-16H2,1H3,(H,22,24). The Balaban J connectivity index is 1.56. The molecule has 27 heavy (non-hydrogen) atoms. The zero-order chi connectivity index (χ0) is 19.3. The fourth-order valence-corrected chi connectivity index (χ4v) is 6.08. The minimum absolute atomic E-state index is 0.0307. The molecule has 0 bridgehead atoms. The molecule has 1 atom stereocenters. The van der Waals surface area contributed by atoms with E-state index in [1.807, 2.05) is 19.1 Å². The SMILES string of the molecule is Cc1ccc(S(=O)(=O)N2CCCCC2CCNC(=O)CC2CCCC2)cc1. The lowest BCUT2D eigenvalue weighted by Crippen LogP contribution is -2.45. The van der Waals surface area contributed by atoms with E-state index >= 15 is 0 Å². The number of nitrogens with zero attached hydrogens (tertiary/aromatic N) is 1. The van der Waals surface area contributed by atoms with Gasteiger partial charge in [-0.05, 0) is 57.1 Å². The summed E-state index contributed by atoms with van der Waals surface area (Å²) in [5.74, 6) is 0.656. The Kier molecular flexibility index (Phi) is 6.93. The monoisotopic (exact) mass is 392 g/mol. The maximum atomic E-state index is 13.1. The molecule has 0 aromatic heterocycles. The van der Waals surface area contributed by atoms with Crippen molar-refractivity contribution in [2.75, 3.05) is 13.1 Å². The molecule has 1 saturated heterocycles. The van der Waals surface area contributed by atoms with Crippen molar-refractivity contribution in [3.05, 3.63) is 29.8 Å². The number of rotatable bonds is 7. The number of hydrogen-bond donors (Lipinski definition) is 1. The number of carbonyl (C=O) groups is 1. The molecule has 6 heteroatoms. The summed E-state index contributed by atoms with van der Waals surface area (Å²) < 4.78 is 27.8. The van der Waals surface area contributed by atoms with Gasteiger partial charge in [0.2, 0.25) is 15.9 Å². The average molecular weight is 393 g/mol. The van der Waals surface area contributed by atoms with Crippen LogP contribution < -0.4 is 5.32 Å². The van der Waals surface area contributed by atoms with Gasteiger partial charge in [-0.3, -0.25) is 4.79 Å². The van der Waals surface area contributed by atoms with E-state index in [2.05, 4.69) is 5.32 Å². The smallest absolute Gasteiger partial charge is 0.243 e. The molecule has 1 amide bonds. The van der Waals surface area contributed by atoms with Crippen molar-refractivity contribution in [3.8, 4) is 0 Å². The van der Waals surface area contributed by atoms with Gasteiger partial charge >= 0.3 is 0 Å². The van der Waals surface area contributed by atoms with Gasteiger partial charge in [-0.25, -0.2) is 8.42 Å². The summed E-state index contributed by atoms with van der Waals surface area (Å²) in [4.78, 5) is 12.5. The highest BCUT2D eigenvalue weighted by Crippen LogP contribution is 2.28. The predicted octanol–water partition coefficient (Wildman–Crippen LogP) is 3.62. The Morgan fingerprint density at radius 3 is 2.44 bits per heavy atom. The lowest BCUT2D eigenvalue weighted by molar-refractivity contribution is -0.122. The van der Waals surface area contributed by atoms with Crippen molar-refractivity contribution in [2.45, 2.75) is 75.6 Å². The minimum Gasteiger partial charge on any atom is -0.356 e. The van der Waals surface area contributed by atoms with Crippen LogP contribution in [0.5, 0.6) is 0 Å². The van der Waals surface area contributed by atoms with E-state index in [0.29, 0.717) is 36.7 Å². The first-order valence-electron chi connectivity index (χ1n) is 10.3. The van der Waals surface area contributed by atoms with E-state index < -0.39 is 10.0 Å². The van der Waals surface area contributed by atoms with Gasteiger partial charge in [0, 0.05) is 25.6 Å². The molecule has 3 rings (SSSR count). The first-order chi connectivity index (χ1) is 13.0. The van der Waals surface area contributed by atoms with Gasteiger partial charge in [0.25, 0.3) is 0 Å².